The van der Waals surface area contributed by atoms with Crippen molar-refractivity contribution in [3.8, 4) is 0 Å². The summed E-state index contributed by atoms with van der Waals surface area (Å²) in [6, 6.07) is 5.11. The molecule has 1 amide bonds. The van der Waals surface area contributed by atoms with Crippen LogP contribution in [0.5, 0.6) is 0 Å². The van der Waals surface area contributed by atoms with Gasteiger partial charge in [-0.1, -0.05) is 13.8 Å². The molecule has 1 aromatic heterocycles. The Labute approximate surface area is 114 Å². The topological polar surface area (TPSA) is 62.1 Å². The number of pyridine rings is 1. The number of Topliss-reactive ketones (excluding diaryl/α,β-unsaturated/α-hetero) is 1. The number of nitrogens with one attached hydrogen (secondary N) is 2. The zero-order chi connectivity index (χ0) is 14.3. The first-order valence-electron chi connectivity index (χ1n) is 6.59. The second kappa shape index (κ2) is 7.63. The molecule has 0 aliphatic carbocycles. The van der Waals surface area contributed by atoms with Gasteiger partial charge in [0.1, 0.15) is 7.05 Å². The van der Waals surface area contributed by atoms with E-state index in [0.717, 1.165) is 0 Å². The van der Waals surface area contributed by atoms with Gasteiger partial charge in [0.2, 0.25) is 0 Å². The molecule has 1 rings (SSSR count). The van der Waals surface area contributed by atoms with E-state index in [9.17, 15) is 9.59 Å². The van der Waals surface area contributed by atoms with Crippen LogP contribution in [-0.2, 0) is 11.8 Å². The van der Waals surface area contributed by atoms with Crippen LogP contribution in [0.4, 0.5) is 0 Å². The number of ketones is 1. The van der Waals surface area contributed by atoms with E-state index >= 15 is 0 Å². The predicted molar refractivity (Wildman–Crippen MR) is 72.7 cm³/mol. The van der Waals surface area contributed by atoms with Crippen molar-refractivity contribution in [3.63, 3.8) is 0 Å². The zero-order valence-corrected chi connectivity index (χ0v) is 11.8. The van der Waals surface area contributed by atoms with E-state index in [1.807, 2.05) is 39.2 Å². The van der Waals surface area contributed by atoms with Gasteiger partial charge < -0.3 is 10.6 Å². The Morgan fingerprint density at radius 2 is 2.05 bits per heavy atom. The minimum absolute atomic E-state index is 0.111. The summed E-state index contributed by atoms with van der Waals surface area (Å²) < 4.78 is 1.75. The maximum Gasteiger partial charge on any atom is 0.316 e. The quantitative estimate of drug-likeness (QED) is 0.692. The molecule has 0 aromatic carbocycles. The lowest BCUT2D eigenvalue weighted by Gasteiger charge is -2.16. The van der Waals surface area contributed by atoms with Crippen molar-refractivity contribution in [3.05, 3.63) is 30.1 Å². The molecule has 0 saturated heterocycles. The van der Waals surface area contributed by atoms with Crippen molar-refractivity contribution in [2.75, 3.05) is 13.1 Å². The van der Waals surface area contributed by atoms with Crippen molar-refractivity contribution in [2.45, 2.75) is 26.3 Å². The highest BCUT2D eigenvalue weighted by Crippen LogP contribution is 1.93. The van der Waals surface area contributed by atoms with Crippen molar-refractivity contribution in [2.24, 2.45) is 7.05 Å². The molecule has 1 aromatic rings. The van der Waals surface area contributed by atoms with Gasteiger partial charge in [-0.25, -0.2) is 0 Å². The Kier molecular flexibility index (Phi) is 6.15. The SMILES string of the molecule is CCN[C@@H](CNC(=O)c1cccc[n+]1C)C(=O)CC. The van der Waals surface area contributed by atoms with Crippen LogP contribution in [0.15, 0.2) is 24.4 Å². The summed E-state index contributed by atoms with van der Waals surface area (Å²) in [5.74, 6) is -0.0607. The summed E-state index contributed by atoms with van der Waals surface area (Å²) in [6.07, 6.45) is 2.28. The van der Waals surface area contributed by atoms with Crippen molar-refractivity contribution in [1.82, 2.24) is 10.6 Å². The number of nitrogens with zero attached hydrogens (tertiary/aromatic N) is 1. The molecule has 0 aliphatic heterocycles. The molecular formula is C14H22N3O2+. The zero-order valence-electron chi connectivity index (χ0n) is 11.8. The number of hydrogen-bond acceptors (Lipinski definition) is 3. The average molecular weight is 264 g/mol. The average Bonchev–Trinajstić information content (AvgIpc) is 2.42. The summed E-state index contributed by atoms with van der Waals surface area (Å²) in [5.41, 5.74) is 0.571. The molecule has 0 aliphatic rings. The minimum atomic E-state index is -0.312. The second-order valence-electron chi connectivity index (χ2n) is 4.34. The number of aryl methyl sites for hydroxylation is 1. The fourth-order valence-electron chi connectivity index (χ4n) is 1.84. The largest absolute Gasteiger partial charge is 0.345 e. The van der Waals surface area contributed by atoms with E-state index in [2.05, 4.69) is 10.6 Å². The van der Waals surface area contributed by atoms with Crippen molar-refractivity contribution in [1.29, 1.82) is 0 Å². The molecule has 0 spiro atoms. The monoisotopic (exact) mass is 264 g/mol. The van der Waals surface area contributed by atoms with Crippen LogP contribution in [0, 0.1) is 0 Å². The first kappa shape index (κ1) is 15.3. The van der Waals surface area contributed by atoms with Gasteiger partial charge in [-0.15, -0.1) is 0 Å². The Hall–Kier alpha value is -1.75. The Morgan fingerprint density at radius 3 is 2.63 bits per heavy atom. The van der Waals surface area contributed by atoms with Crippen LogP contribution in [0.25, 0.3) is 0 Å². The number of aromatic nitrogens is 1. The molecule has 0 bridgehead atoms. The summed E-state index contributed by atoms with van der Waals surface area (Å²) >= 11 is 0. The normalized spacial score (nSPS) is 11.9. The smallest absolute Gasteiger partial charge is 0.316 e. The highest BCUT2D eigenvalue weighted by molar-refractivity contribution is 5.91. The van der Waals surface area contributed by atoms with E-state index in [0.29, 0.717) is 25.2 Å². The highest BCUT2D eigenvalue weighted by atomic mass is 16.2. The third-order valence-corrected chi connectivity index (χ3v) is 2.94. The van der Waals surface area contributed by atoms with Crippen LogP contribution in [0.3, 0.4) is 0 Å². The number of carbonyl (C=O) groups excluding carboxylic acids is 2. The van der Waals surface area contributed by atoms with Gasteiger partial charge in [0.25, 0.3) is 5.69 Å². The lowest BCUT2D eigenvalue weighted by atomic mass is 10.1. The van der Waals surface area contributed by atoms with Gasteiger partial charge in [0, 0.05) is 25.1 Å². The van der Waals surface area contributed by atoms with Crippen LogP contribution in [0.2, 0.25) is 0 Å². The molecule has 19 heavy (non-hydrogen) atoms. The maximum absolute atomic E-state index is 12.0. The van der Waals surface area contributed by atoms with Crippen LogP contribution >= 0.6 is 0 Å². The number of carbonyl (C=O) groups is 2. The van der Waals surface area contributed by atoms with E-state index < -0.39 is 0 Å². The fraction of sp³-hybridized carbons (Fsp3) is 0.500. The van der Waals surface area contributed by atoms with Crippen LogP contribution in [0.1, 0.15) is 30.8 Å². The Morgan fingerprint density at radius 1 is 1.32 bits per heavy atom. The standard InChI is InChI=1S/C14H21N3O2/c1-4-13(18)11(15-5-2)10-16-14(19)12-8-6-7-9-17(12)3/h6-9,11,15H,4-5,10H2,1-3H3/p+1/t11-/m0/s1. The van der Waals surface area contributed by atoms with E-state index in [4.69, 9.17) is 0 Å². The molecule has 104 valence electrons. The van der Waals surface area contributed by atoms with Gasteiger partial charge in [-0.3, -0.25) is 9.59 Å². The molecule has 0 fully saturated rings. The van der Waals surface area contributed by atoms with Gasteiger partial charge in [0.15, 0.2) is 12.0 Å². The molecular weight excluding hydrogens is 242 g/mol. The highest BCUT2D eigenvalue weighted by Gasteiger charge is 2.20. The van der Waals surface area contributed by atoms with E-state index in [-0.39, 0.29) is 17.7 Å². The van der Waals surface area contributed by atoms with Gasteiger partial charge in [-0.2, -0.15) is 4.57 Å². The lowest BCUT2D eigenvalue weighted by Crippen LogP contribution is -2.48. The lowest BCUT2D eigenvalue weighted by molar-refractivity contribution is -0.673. The molecule has 0 saturated carbocycles. The molecule has 2 N–H and O–H groups in total. The maximum atomic E-state index is 12.0. The summed E-state index contributed by atoms with van der Waals surface area (Å²) in [5, 5.41) is 5.88. The number of amides is 1. The summed E-state index contributed by atoms with van der Waals surface area (Å²) in [6.45, 7) is 4.78. The van der Waals surface area contributed by atoms with Crippen molar-refractivity contribution >= 4 is 11.7 Å². The third kappa shape index (κ3) is 4.44. The first-order chi connectivity index (χ1) is 9.10. The summed E-state index contributed by atoms with van der Waals surface area (Å²) in [7, 11) is 1.81. The molecule has 5 heteroatoms. The Balaban J connectivity index is 2.62. The summed E-state index contributed by atoms with van der Waals surface area (Å²) in [4.78, 5) is 23.7. The number of likely N-dealkylation sites (N-methyl/N-ethyl adjacent to an activating group) is 1. The van der Waals surface area contributed by atoms with Crippen LogP contribution < -0.4 is 15.2 Å². The third-order valence-electron chi connectivity index (χ3n) is 2.94. The molecule has 1 atom stereocenters. The fourth-order valence-corrected chi connectivity index (χ4v) is 1.84. The molecule has 1 heterocycles. The molecule has 0 radical (unpaired) electrons. The first-order valence-corrected chi connectivity index (χ1v) is 6.59. The number of rotatable bonds is 7. The van der Waals surface area contributed by atoms with E-state index in [1.54, 1.807) is 10.6 Å². The predicted octanol–water partition coefficient (Wildman–Crippen LogP) is 0.198. The van der Waals surface area contributed by atoms with Crippen molar-refractivity contribution < 1.29 is 14.2 Å². The number of hydrogen-bond donors (Lipinski definition) is 2. The van der Waals surface area contributed by atoms with Gasteiger partial charge in [0.05, 0.1) is 6.04 Å². The molecule has 5 nitrogen and oxygen atoms in total. The minimum Gasteiger partial charge on any atom is -0.345 e. The van der Waals surface area contributed by atoms with Crippen LogP contribution in [-0.4, -0.2) is 30.8 Å². The Bertz CT molecular complexity index is 446. The van der Waals surface area contributed by atoms with Gasteiger partial charge in [-0.05, 0) is 12.6 Å². The molecule has 0 unspecified atom stereocenters. The van der Waals surface area contributed by atoms with Gasteiger partial charge >= 0.3 is 5.91 Å². The van der Waals surface area contributed by atoms with E-state index in [1.165, 1.54) is 0 Å². The second-order valence-corrected chi connectivity index (χ2v) is 4.34.